The van der Waals surface area contributed by atoms with Crippen LogP contribution in [0.4, 0.5) is 0 Å². The fourth-order valence-corrected chi connectivity index (χ4v) is 1.30. The summed E-state index contributed by atoms with van der Waals surface area (Å²) in [5, 5.41) is 2.86. The summed E-state index contributed by atoms with van der Waals surface area (Å²) >= 11 is 0. The number of rotatable bonds is 5. The smallest absolute Gasteiger partial charge is 0.261 e. The van der Waals surface area contributed by atoms with Crippen molar-refractivity contribution < 1.29 is 9.59 Å². The molecule has 0 spiro atoms. The van der Waals surface area contributed by atoms with Crippen LogP contribution in [0.2, 0.25) is 0 Å². The van der Waals surface area contributed by atoms with Gasteiger partial charge in [0.2, 0.25) is 6.29 Å². The summed E-state index contributed by atoms with van der Waals surface area (Å²) in [7, 11) is 3.40. The predicted octanol–water partition coefficient (Wildman–Crippen LogP) is 1.11. The monoisotopic (exact) mass is 231 g/mol. The Bertz CT molecular complexity index is 399. The molecular formula is C13H15N2O2. The summed E-state index contributed by atoms with van der Waals surface area (Å²) in [4.78, 5) is 22.1. The minimum atomic E-state index is -0.248. The van der Waals surface area contributed by atoms with Gasteiger partial charge in [0.1, 0.15) is 6.54 Å². The summed E-state index contributed by atoms with van der Waals surface area (Å²) in [5.74, 6) is -0.248. The maximum Gasteiger partial charge on any atom is 0.261 e. The molecule has 1 rings (SSSR count). The number of hydrazine groups is 1. The first-order valence-electron chi connectivity index (χ1n) is 5.22. The second kappa shape index (κ2) is 6.60. The first-order chi connectivity index (χ1) is 8.15. The van der Waals surface area contributed by atoms with Gasteiger partial charge in [-0.15, -0.1) is 0 Å². The Kier molecular flexibility index (Phi) is 5.10. The van der Waals surface area contributed by atoms with Crippen LogP contribution in [0.5, 0.6) is 0 Å². The molecule has 89 valence electrons. The largest absolute Gasteiger partial charge is 0.289 e. The fraction of sp³-hybridized carbons (Fsp3) is 0.231. The number of hydrogen-bond acceptors (Lipinski definition) is 3. The highest BCUT2D eigenvalue weighted by molar-refractivity contribution is 5.92. The van der Waals surface area contributed by atoms with Crippen molar-refractivity contribution in [1.82, 2.24) is 10.0 Å². The Balaban J connectivity index is 2.70. The van der Waals surface area contributed by atoms with Gasteiger partial charge in [0.05, 0.1) is 0 Å². The Morgan fingerprint density at radius 2 is 1.94 bits per heavy atom. The summed E-state index contributed by atoms with van der Waals surface area (Å²) in [6.07, 6.45) is 4.86. The molecular weight excluding hydrogens is 216 g/mol. The van der Waals surface area contributed by atoms with Crippen LogP contribution in [0.1, 0.15) is 5.56 Å². The van der Waals surface area contributed by atoms with Gasteiger partial charge in [-0.1, -0.05) is 30.3 Å². The van der Waals surface area contributed by atoms with Gasteiger partial charge in [-0.25, -0.2) is 5.01 Å². The maximum atomic E-state index is 11.8. The number of amides is 1. The van der Waals surface area contributed by atoms with E-state index in [4.69, 9.17) is 0 Å². The van der Waals surface area contributed by atoms with E-state index in [1.165, 1.54) is 11.1 Å². The van der Waals surface area contributed by atoms with Crippen LogP contribution in [0, 0.1) is 0 Å². The van der Waals surface area contributed by atoms with E-state index in [0.717, 1.165) is 5.56 Å². The number of nitrogens with zero attached hydrogens (tertiary/aromatic N) is 2. The van der Waals surface area contributed by atoms with Gasteiger partial charge >= 0.3 is 0 Å². The highest BCUT2D eigenvalue weighted by Crippen LogP contribution is 2.02. The lowest BCUT2D eigenvalue weighted by Crippen LogP contribution is -2.42. The van der Waals surface area contributed by atoms with E-state index in [1.54, 1.807) is 31.5 Å². The van der Waals surface area contributed by atoms with Gasteiger partial charge in [-0.2, -0.15) is 0 Å². The number of carbonyl (C=O) groups excluding carboxylic acids is 2. The molecule has 0 saturated heterocycles. The van der Waals surface area contributed by atoms with Crippen LogP contribution in [0.15, 0.2) is 36.4 Å². The highest BCUT2D eigenvalue weighted by Gasteiger charge is 2.12. The molecule has 0 fully saturated rings. The van der Waals surface area contributed by atoms with Crippen LogP contribution >= 0.6 is 0 Å². The van der Waals surface area contributed by atoms with Crippen molar-refractivity contribution in [3.8, 4) is 0 Å². The lowest BCUT2D eigenvalue weighted by Gasteiger charge is -2.25. The third-order valence-corrected chi connectivity index (χ3v) is 2.17. The third-order valence-electron chi connectivity index (χ3n) is 2.17. The summed E-state index contributed by atoms with van der Waals surface area (Å²) in [6.45, 7) is -0.0645. The van der Waals surface area contributed by atoms with Crippen molar-refractivity contribution in [2.24, 2.45) is 0 Å². The first-order valence-corrected chi connectivity index (χ1v) is 5.22. The van der Waals surface area contributed by atoms with Gasteiger partial charge < -0.3 is 0 Å². The number of carbonyl (C=O) groups is 1. The Morgan fingerprint density at radius 1 is 1.29 bits per heavy atom. The SMILES string of the molecule is CN(C)N(C[C]=O)C(=O)C=Cc1ccccc1. The van der Waals surface area contributed by atoms with Gasteiger partial charge in [0.15, 0.2) is 0 Å². The van der Waals surface area contributed by atoms with Gasteiger partial charge in [-0.05, 0) is 11.6 Å². The molecule has 0 aliphatic heterocycles. The van der Waals surface area contributed by atoms with Crippen molar-refractivity contribution in [3.63, 3.8) is 0 Å². The molecule has 0 aromatic heterocycles. The minimum absolute atomic E-state index is 0.0645. The molecule has 0 aliphatic rings. The minimum Gasteiger partial charge on any atom is -0.289 e. The van der Waals surface area contributed by atoms with Crippen molar-refractivity contribution in [2.75, 3.05) is 20.6 Å². The van der Waals surface area contributed by atoms with Crippen LogP contribution in [-0.4, -0.2) is 42.9 Å². The maximum absolute atomic E-state index is 11.8. The van der Waals surface area contributed by atoms with Crippen LogP contribution in [0.3, 0.4) is 0 Å². The van der Waals surface area contributed by atoms with Crippen molar-refractivity contribution in [1.29, 1.82) is 0 Å². The zero-order valence-electron chi connectivity index (χ0n) is 9.96. The van der Waals surface area contributed by atoms with E-state index in [1.807, 2.05) is 30.3 Å². The van der Waals surface area contributed by atoms with E-state index < -0.39 is 0 Å². The molecule has 1 radical (unpaired) electrons. The lowest BCUT2D eigenvalue weighted by atomic mass is 10.2. The van der Waals surface area contributed by atoms with Crippen LogP contribution < -0.4 is 0 Å². The predicted molar refractivity (Wildman–Crippen MR) is 66.6 cm³/mol. The molecule has 0 unspecified atom stereocenters. The van der Waals surface area contributed by atoms with Crippen LogP contribution in [-0.2, 0) is 9.59 Å². The van der Waals surface area contributed by atoms with Gasteiger partial charge in [0.25, 0.3) is 5.91 Å². The van der Waals surface area contributed by atoms with E-state index in [2.05, 4.69) is 0 Å². The molecule has 0 saturated carbocycles. The molecule has 0 atom stereocenters. The van der Waals surface area contributed by atoms with E-state index in [9.17, 15) is 9.59 Å². The lowest BCUT2D eigenvalue weighted by molar-refractivity contribution is -0.137. The Morgan fingerprint density at radius 3 is 2.47 bits per heavy atom. The fourth-order valence-electron chi connectivity index (χ4n) is 1.30. The molecule has 4 heteroatoms. The molecule has 17 heavy (non-hydrogen) atoms. The zero-order valence-corrected chi connectivity index (χ0v) is 9.96. The summed E-state index contributed by atoms with van der Waals surface area (Å²) in [6, 6.07) is 9.50. The quantitative estimate of drug-likeness (QED) is 0.563. The molecule has 0 N–H and O–H groups in total. The van der Waals surface area contributed by atoms with Crippen LogP contribution in [0.25, 0.3) is 6.08 Å². The molecule has 0 aliphatic carbocycles. The topological polar surface area (TPSA) is 40.6 Å². The molecule has 4 nitrogen and oxygen atoms in total. The molecule has 0 bridgehead atoms. The third kappa shape index (κ3) is 4.20. The Labute approximate surface area is 101 Å². The molecule has 0 heterocycles. The standard InChI is InChI=1S/C13H15N2O2/c1-14(2)15(10-11-16)13(17)9-8-12-6-4-3-5-7-12/h3-9H,10H2,1-2H3. The van der Waals surface area contributed by atoms with Crippen molar-refractivity contribution in [3.05, 3.63) is 42.0 Å². The summed E-state index contributed by atoms with van der Waals surface area (Å²) < 4.78 is 0. The van der Waals surface area contributed by atoms with E-state index in [0.29, 0.717) is 0 Å². The van der Waals surface area contributed by atoms with E-state index >= 15 is 0 Å². The average molecular weight is 231 g/mol. The second-order valence-electron chi connectivity index (χ2n) is 3.63. The van der Waals surface area contributed by atoms with Gasteiger partial charge in [0, 0.05) is 20.2 Å². The molecule has 1 aromatic carbocycles. The molecule has 1 aromatic rings. The van der Waals surface area contributed by atoms with Crippen molar-refractivity contribution >= 4 is 18.3 Å². The normalized spacial score (nSPS) is 10.8. The first kappa shape index (κ1) is 13.1. The summed E-state index contributed by atoms with van der Waals surface area (Å²) in [5.41, 5.74) is 0.939. The second-order valence-corrected chi connectivity index (χ2v) is 3.63. The van der Waals surface area contributed by atoms with Gasteiger partial charge in [-0.3, -0.25) is 14.6 Å². The van der Waals surface area contributed by atoms with Crippen molar-refractivity contribution in [2.45, 2.75) is 0 Å². The Hall–Kier alpha value is -1.94. The number of hydrogen-bond donors (Lipinski definition) is 0. The molecule has 1 amide bonds. The zero-order chi connectivity index (χ0) is 12.7. The average Bonchev–Trinajstić information content (AvgIpc) is 2.34. The van der Waals surface area contributed by atoms with E-state index in [-0.39, 0.29) is 12.5 Å². The highest BCUT2D eigenvalue weighted by atomic mass is 16.2. The number of benzene rings is 1.